The second-order valence-corrected chi connectivity index (χ2v) is 13.8. The summed E-state index contributed by atoms with van der Waals surface area (Å²) in [5, 5.41) is 21.5. The van der Waals surface area contributed by atoms with Gasteiger partial charge in [0.2, 0.25) is 0 Å². The number of carbonyl (C=O) groups excluding carboxylic acids is 1. The fourth-order valence-electron chi connectivity index (χ4n) is 6.46. The molecule has 1 heterocycles. The number of carbonyl (C=O) groups is 1. The molecule has 4 nitrogen and oxygen atoms in total. The molecule has 1 fully saturated rings. The van der Waals surface area contributed by atoms with Crippen LogP contribution in [0.25, 0.3) is 33.3 Å². The molecule has 6 rings (SSSR count). The summed E-state index contributed by atoms with van der Waals surface area (Å²) in [4.78, 5) is 12.5. The standard InChI is InChI=1S/C38H34N3OPS/c1-24-9-18-35-34(19-24)37(36-31(21-39)7-4-8-32(36)22-40)38(41(35)44-33-16-14-27(15-17-33)25(2)43)30-6-3-5-29(20-30)28-12-10-26(23-42)11-13-28/h3-9,14-20,23,25-26,28H,10-13,43H2,1-2H3. The number of nitriles is 2. The first kappa shape index (κ1) is 29.9. The van der Waals surface area contributed by atoms with Gasteiger partial charge in [0.1, 0.15) is 6.29 Å². The molecule has 0 spiro atoms. The molecule has 0 radical (unpaired) electrons. The van der Waals surface area contributed by atoms with Crippen LogP contribution in [0.2, 0.25) is 0 Å². The lowest BCUT2D eigenvalue weighted by Gasteiger charge is -2.26. The molecule has 1 aliphatic carbocycles. The fraction of sp³-hybridized carbons (Fsp3) is 0.237. The van der Waals surface area contributed by atoms with Crippen molar-refractivity contribution in [3.63, 3.8) is 0 Å². The topological polar surface area (TPSA) is 69.6 Å². The van der Waals surface area contributed by atoms with E-state index in [0.29, 0.717) is 28.3 Å². The largest absolute Gasteiger partial charge is 0.303 e. The maximum Gasteiger partial charge on any atom is 0.123 e. The van der Waals surface area contributed by atoms with Crippen LogP contribution >= 0.6 is 21.2 Å². The van der Waals surface area contributed by atoms with Crippen molar-refractivity contribution in [1.82, 2.24) is 3.97 Å². The van der Waals surface area contributed by atoms with Gasteiger partial charge in [0.05, 0.1) is 34.5 Å². The summed E-state index contributed by atoms with van der Waals surface area (Å²) < 4.78 is 2.28. The van der Waals surface area contributed by atoms with Crippen molar-refractivity contribution < 1.29 is 4.79 Å². The van der Waals surface area contributed by atoms with Crippen LogP contribution in [0.4, 0.5) is 0 Å². The average Bonchev–Trinajstić information content (AvgIpc) is 3.36. The zero-order valence-corrected chi connectivity index (χ0v) is 26.9. The minimum Gasteiger partial charge on any atom is -0.303 e. The third-order valence-electron chi connectivity index (χ3n) is 8.83. The number of hydrogen-bond donors (Lipinski definition) is 0. The summed E-state index contributed by atoms with van der Waals surface area (Å²) in [7, 11) is 2.86. The molecule has 2 unspecified atom stereocenters. The highest BCUT2D eigenvalue weighted by atomic mass is 32.2. The Morgan fingerprint density at radius 1 is 0.886 bits per heavy atom. The summed E-state index contributed by atoms with van der Waals surface area (Å²) in [6.45, 7) is 4.24. The predicted molar refractivity (Wildman–Crippen MR) is 184 cm³/mol. The molecule has 0 bridgehead atoms. The SMILES string of the molecule is Cc1ccc2c(c1)c(-c1c(C#N)cccc1C#N)c(-c1cccc(C3CCC(C=O)CC3)c1)n2Sc1ccc(C(C)P)cc1. The Morgan fingerprint density at radius 2 is 1.57 bits per heavy atom. The number of aldehydes is 1. The normalized spacial score (nSPS) is 17.1. The van der Waals surface area contributed by atoms with E-state index in [1.807, 2.05) is 0 Å². The first-order valence-corrected chi connectivity index (χ1v) is 16.5. The van der Waals surface area contributed by atoms with E-state index >= 15 is 0 Å². The fourth-order valence-corrected chi connectivity index (χ4v) is 7.70. The Kier molecular flexibility index (Phi) is 8.72. The van der Waals surface area contributed by atoms with Crippen LogP contribution in [0.3, 0.4) is 0 Å². The highest BCUT2D eigenvalue weighted by molar-refractivity contribution is 7.98. The van der Waals surface area contributed by atoms with Gasteiger partial charge in [0.15, 0.2) is 0 Å². The van der Waals surface area contributed by atoms with E-state index in [-0.39, 0.29) is 5.92 Å². The summed E-state index contributed by atoms with van der Waals surface area (Å²) in [5.74, 6) is 0.556. The molecule has 0 N–H and O–H groups in total. The molecule has 5 aromatic rings. The molecular weight excluding hydrogens is 577 g/mol. The molecule has 44 heavy (non-hydrogen) atoms. The van der Waals surface area contributed by atoms with Crippen molar-refractivity contribution in [1.29, 1.82) is 10.5 Å². The molecule has 1 aliphatic rings. The monoisotopic (exact) mass is 611 g/mol. The van der Waals surface area contributed by atoms with Gasteiger partial charge in [0.25, 0.3) is 0 Å². The molecule has 2 atom stereocenters. The zero-order chi connectivity index (χ0) is 30.8. The average molecular weight is 612 g/mol. The summed E-state index contributed by atoms with van der Waals surface area (Å²) in [5.41, 5.74) is 9.59. The second kappa shape index (κ2) is 12.8. The molecule has 1 saturated carbocycles. The maximum absolute atomic E-state index is 11.4. The van der Waals surface area contributed by atoms with Crippen LogP contribution < -0.4 is 0 Å². The first-order chi connectivity index (χ1) is 21.4. The van der Waals surface area contributed by atoms with Crippen LogP contribution in [-0.4, -0.2) is 10.3 Å². The van der Waals surface area contributed by atoms with E-state index in [9.17, 15) is 15.3 Å². The van der Waals surface area contributed by atoms with Gasteiger partial charge in [-0.25, -0.2) is 0 Å². The smallest absolute Gasteiger partial charge is 0.123 e. The van der Waals surface area contributed by atoms with Crippen molar-refractivity contribution in [2.24, 2.45) is 5.92 Å². The molecule has 0 amide bonds. The summed E-state index contributed by atoms with van der Waals surface area (Å²) in [6, 6.07) is 34.0. The van der Waals surface area contributed by atoms with Crippen LogP contribution in [0.15, 0.2) is 89.8 Å². The van der Waals surface area contributed by atoms with Gasteiger partial charge in [-0.05, 0) is 110 Å². The third kappa shape index (κ3) is 5.71. The predicted octanol–water partition coefficient (Wildman–Crippen LogP) is 9.99. The van der Waals surface area contributed by atoms with Crippen LogP contribution in [0.1, 0.15) is 72.0 Å². The highest BCUT2D eigenvalue weighted by Crippen LogP contribution is 2.47. The van der Waals surface area contributed by atoms with Gasteiger partial charge >= 0.3 is 0 Å². The second-order valence-electron chi connectivity index (χ2n) is 11.8. The Bertz CT molecular complexity index is 1900. The van der Waals surface area contributed by atoms with Crippen LogP contribution in [0.5, 0.6) is 0 Å². The molecule has 6 heteroatoms. The lowest BCUT2D eigenvalue weighted by molar-refractivity contribution is -0.111. The molecule has 4 aromatic carbocycles. The van der Waals surface area contributed by atoms with E-state index in [1.165, 1.54) is 11.1 Å². The zero-order valence-electron chi connectivity index (χ0n) is 25.0. The summed E-state index contributed by atoms with van der Waals surface area (Å²) >= 11 is 1.66. The summed E-state index contributed by atoms with van der Waals surface area (Å²) in [6.07, 6.45) is 4.94. The number of aromatic nitrogens is 1. The van der Waals surface area contributed by atoms with Crippen molar-refractivity contribution in [2.75, 3.05) is 0 Å². The number of nitrogens with zero attached hydrogens (tertiary/aromatic N) is 3. The van der Waals surface area contributed by atoms with Gasteiger partial charge in [-0.2, -0.15) is 10.5 Å². The Balaban J connectivity index is 1.62. The minimum absolute atomic E-state index is 0.163. The highest BCUT2D eigenvalue weighted by Gasteiger charge is 2.27. The molecule has 1 aromatic heterocycles. The maximum atomic E-state index is 11.4. The lowest BCUT2D eigenvalue weighted by Crippen LogP contribution is -2.14. The molecular formula is C38H34N3OPS. The quantitative estimate of drug-likeness (QED) is 0.136. The van der Waals surface area contributed by atoms with E-state index < -0.39 is 0 Å². The van der Waals surface area contributed by atoms with Crippen LogP contribution in [-0.2, 0) is 4.79 Å². The number of benzene rings is 4. The van der Waals surface area contributed by atoms with Gasteiger partial charge in [0, 0.05) is 32.9 Å². The molecule has 0 aliphatic heterocycles. The van der Waals surface area contributed by atoms with E-state index in [2.05, 4.69) is 106 Å². The van der Waals surface area contributed by atoms with E-state index in [1.54, 1.807) is 30.1 Å². The Morgan fingerprint density at radius 3 is 2.20 bits per heavy atom. The van der Waals surface area contributed by atoms with Crippen molar-refractivity contribution in [2.45, 2.75) is 56.0 Å². The molecule has 0 saturated heterocycles. The van der Waals surface area contributed by atoms with Crippen molar-refractivity contribution >= 4 is 38.4 Å². The molecule has 218 valence electrons. The number of hydrogen-bond acceptors (Lipinski definition) is 4. The lowest BCUT2D eigenvalue weighted by atomic mass is 9.79. The van der Waals surface area contributed by atoms with E-state index in [0.717, 1.165) is 70.2 Å². The van der Waals surface area contributed by atoms with Gasteiger partial charge < -0.3 is 4.79 Å². The Labute approximate surface area is 266 Å². The van der Waals surface area contributed by atoms with Crippen molar-refractivity contribution in [3.05, 3.63) is 113 Å². The third-order valence-corrected chi connectivity index (χ3v) is 10.3. The Hall–Kier alpha value is -4.15. The first-order valence-electron chi connectivity index (χ1n) is 15.1. The van der Waals surface area contributed by atoms with Gasteiger partial charge in [-0.3, -0.25) is 3.97 Å². The van der Waals surface area contributed by atoms with E-state index in [4.69, 9.17) is 0 Å². The number of rotatable bonds is 7. The van der Waals surface area contributed by atoms with Crippen molar-refractivity contribution in [3.8, 4) is 34.5 Å². The van der Waals surface area contributed by atoms with Crippen LogP contribution in [0, 0.1) is 35.5 Å². The number of aryl methyl sites for hydroxylation is 1. The minimum atomic E-state index is 0.163. The number of fused-ring (bicyclic) bond motifs is 1. The van der Waals surface area contributed by atoms with Gasteiger partial charge in [-0.15, -0.1) is 9.24 Å². The van der Waals surface area contributed by atoms with Gasteiger partial charge in [-0.1, -0.05) is 55.0 Å².